The summed E-state index contributed by atoms with van der Waals surface area (Å²) in [4.78, 5) is 15.0. The van der Waals surface area contributed by atoms with Gasteiger partial charge in [-0.3, -0.25) is 4.98 Å². The molecule has 0 spiro atoms. The van der Waals surface area contributed by atoms with E-state index in [0.717, 1.165) is 24.6 Å². The summed E-state index contributed by atoms with van der Waals surface area (Å²) in [6, 6.07) is 6.56. The zero-order valence-electron chi connectivity index (χ0n) is 17.0. The second-order valence-electron chi connectivity index (χ2n) is 8.13. The summed E-state index contributed by atoms with van der Waals surface area (Å²) in [6.07, 6.45) is 4.85. The Morgan fingerprint density at radius 1 is 1.23 bits per heavy atom. The van der Waals surface area contributed by atoms with Crippen LogP contribution in [-0.2, 0) is 0 Å². The summed E-state index contributed by atoms with van der Waals surface area (Å²) in [7, 11) is 1.85. The molecule has 0 saturated carbocycles. The summed E-state index contributed by atoms with van der Waals surface area (Å²) in [6.45, 7) is -0.971. The quantitative estimate of drug-likeness (QED) is 0.646. The van der Waals surface area contributed by atoms with Crippen molar-refractivity contribution in [1.29, 1.82) is 0 Å². The normalized spacial score (nSPS) is 25.0. The third-order valence-corrected chi connectivity index (χ3v) is 6.31. The number of anilines is 1. The fraction of sp³-hybridized carbons (Fsp3) is 0.409. The minimum atomic E-state index is -0.971. The number of nitrogens with one attached hydrogen (secondary N) is 1. The number of piperidine rings is 1. The maximum atomic E-state index is 14.9. The molecule has 0 amide bonds. The van der Waals surface area contributed by atoms with Crippen molar-refractivity contribution in [3.05, 3.63) is 36.7 Å². The number of halogens is 2. The average molecular weight is 427 g/mol. The Bertz CT molecular complexity index is 1100. The van der Waals surface area contributed by atoms with Gasteiger partial charge in [-0.15, -0.1) is 0 Å². The van der Waals surface area contributed by atoms with Crippen LogP contribution in [0.25, 0.3) is 22.2 Å². The molecule has 0 unspecified atom stereocenters. The minimum absolute atomic E-state index is 0.0217. The predicted octanol–water partition coefficient (Wildman–Crippen LogP) is 3.37. The number of aromatic hydroxyl groups is 1. The maximum Gasteiger partial charge on any atom is 0.230 e. The first-order valence-corrected chi connectivity index (χ1v) is 10.3. The van der Waals surface area contributed by atoms with Gasteiger partial charge in [-0.1, -0.05) is 0 Å². The van der Waals surface area contributed by atoms with Crippen molar-refractivity contribution < 1.29 is 18.6 Å². The Morgan fingerprint density at radius 3 is 2.87 bits per heavy atom. The number of ether oxygens (including phenoxy) is 1. The maximum absolute atomic E-state index is 14.9. The molecule has 162 valence electrons. The lowest BCUT2D eigenvalue weighted by molar-refractivity contribution is 0.176. The molecule has 31 heavy (non-hydrogen) atoms. The van der Waals surface area contributed by atoms with E-state index in [1.807, 2.05) is 11.9 Å². The summed E-state index contributed by atoms with van der Waals surface area (Å²) in [5, 5.41) is 14.6. The summed E-state index contributed by atoms with van der Waals surface area (Å²) in [5.74, 6) is 0.714. The van der Waals surface area contributed by atoms with Gasteiger partial charge in [0.05, 0.1) is 29.6 Å². The van der Waals surface area contributed by atoms with Crippen LogP contribution in [0.3, 0.4) is 0 Å². The molecule has 2 aromatic heterocycles. The minimum Gasteiger partial charge on any atom is -0.507 e. The highest BCUT2D eigenvalue weighted by molar-refractivity contribution is 5.87. The standard InChI is InChI=1S/C22H23F2N5O2/c1-29(18-7-13-3-4-15(27-13)22(18)24)20-10-25-17(9-26-20)14-6-12-2-5-21(31-11-23)28-16(12)8-19(14)30/h2,5-6,8-10,13,15,18,22,27,30H,3-4,7,11H2,1H3/t13-,15+,18-,22+/m0/s1. The van der Waals surface area contributed by atoms with E-state index in [-0.39, 0.29) is 23.7 Å². The second-order valence-corrected chi connectivity index (χ2v) is 8.13. The number of phenols is 1. The number of alkyl halides is 2. The highest BCUT2D eigenvalue weighted by atomic mass is 19.1. The number of nitrogens with zero attached hydrogens (tertiary/aromatic N) is 4. The molecule has 3 aromatic rings. The van der Waals surface area contributed by atoms with Crippen LogP contribution >= 0.6 is 0 Å². The number of benzene rings is 1. The number of aromatic nitrogens is 3. The lowest BCUT2D eigenvalue weighted by atomic mass is 9.96. The third kappa shape index (κ3) is 3.63. The van der Waals surface area contributed by atoms with Crippen LogP contribution in [0.15, 0.2) is 36.7 Å². The largest absolute Gasteiger partial charge is 0.507 e. The van der Waals surface area contributed by atoms with Gasteiger partial charge in [0.15, 0.2) is 0 Å². The van der Waals surface area contributed by atoms with Crippen molar-refractivity contribution in [2.45, 2.75) is 43.6 Å². The summed E-state index contributed by atoms with van der Waals surface area (Å²) >= 11 is 0. The van der Waals surface area contributed by atoms with Crippen molar-refractivity contribution in [1.82, 2.24) is 20.3 Å². The highest BCUT2D eigenvalue weighted by Crippen LogP contribution is 2.35. The Kier molecular flexibility index (Phi) is 5.05. The van der Waals surface area contributed by atoms with E-state index in [4.69, 9.17) is 4.74 Å². The highest BCUT2D eigenvalue weighted by Gasteiger charge is 2.43. The molecule has 2 aliphatic rings. The Balaban J connectivity index is 1.40. The molecule has 2 aliphatic heterocycles. The van der Waals surface area contributed by atoms with Crippen LogP contribution < -0.4 is 15.0 Å². The number of hydrogen-bond donors (Lipinski definition) is 2. The van der Waals surface area contributed by atoms with Gasteiger partial charge in [0.25, 0.3) is 0 Å². The predicted molar refractivity (Wildman–Crippen MR) is 113 cm³/mol. The molecule has 4 atom stereocenters. The third-order valence-electron chi connectivity index (χ3n) is 6.31. The van der Waals surface area contributed by atoms with E-state index in [1.54, 1.807) is 30.6 Å². The molecule has 1 aromatic carbocycles. The summed E-state index contributed by atoms with van der Waals surface area (Å²) in [5.41, 5.74) is 1.47. The van der Waals surface area contributed by atoms with Gasteiger partial charge >= 0.3 is 0 Å². The molecule has 2 bridgehead atoms. The molecule has 2 saturated heterocycles. The molecule has 7 nitrogen and oxygen atoms in total. The molecular weight excluding hydrogens is 404 g/mol. The van der Waals surface area contributed by atoms with Gasteiger partial charge in [0.2, 0.25) is 12.7 Å². The fourth-order valence-corrected chi connectivity index (χ4v) is 4.64. The molecule has 0 aliphatic carbocycles. The smallest absolute Gasteiger partial charge is 0.230 e. The Morgan fingerprint density at radius 2 is 2.10 bits per heavy atom. The zero-order valence-corrected chi connectivity index (χ0v) is 17.0. The van der Waals surface area contributed by atoms with Crippen molar-refractivity contribution in [3.63, 3.8) is 0 Å². The SMILES string of the molecule is CN(c1cnc(-c2cc3ccc(OCF)nc3cc2O)cn1)[C@H]1C[C@@H]2CC[C@@H](N2)[C@H]1F. The van der Waals surface area contributed by atoms with Crippen LogP contribution in [0, 0.1) is 0 Å². The van der Waals surface area contributed by atoms with Crippen LogP contribution in [0.4, 0.5) is 14.6 Å². The summed E-state index contributed by atoms with van der Waals surface area (Å²) < 4.78 is 32.0. The van der Waals surface area contributed by atoms with Gasteiger partial charge in [0, 0.05) is 42.2 Å². The van der Waals surface area contributed by atoms with Crippen molar-refractivity contribution in [3.8, 4) is 22.9 Å². The fourth-order valence-electron chi connectivity index (χ4n) is 4.64. The Hall–Kier alpha value is -3.07. The molecule has 0 radical (unpaired) electrons. The molecule has 9 heteroatoms. The van der Waals surface area contributed by atoms with Crippen molar-refractivity contribution >= 4 is 16.7 Å². The number of fused-ring (bicyclic) bond motifs is 3. The van der Waals surface area contributed by atoms with E-state index in [9.17, 15) is 13.9 Å². The van der Waals surface area contributed by atoms with Gasteiger partial charge in [-0.2, -0.15) is 0 Å². The van der Waals surface area contributed by atoms with Crippen molar-refractivity contribution in [2.75, 3.05) is 18.8 Å². The Labute approximate surface area is 178 Å². The topological polar surface area (TPSA) is 83.4 Å². The second kappa shape index (κ2) is 7.88. The average Bonchev–Trinajstić information content (AvgIpc) is 3.19. The molecule has 2 fully saturated rings. The number of pyridine rings is 1. The van der Waals surface area contributed by atoms with Crippen LogP contribution in [-0.4, -0.2) is 58.3 Å². The number of rotatable bonds is 5. The molecular formula is C22H23F2N5O2. The van der Waals surface area contributed by atoms with Crippen LogP contribution in [0.1, 0.15) is 19.3 Å². The van der Waals surface area contributed by atoms with Crippen molar-refractivity contribution in [2.24, 2.45) is 0 Å². The number of hydrogen-bond acceptors (Lipinski definition) is 7. The van der Waals surface area contributed by atoms with Gasteiger partial charge in [0.1, 0.15) is 17.7 Å². The first kappa shape index (κ1) is 19.9. The molecule has 2 N–H and O–H groups in total. The lowest BCUT2D eigenvalue weighted by Gasteiger charge is -2.38. The van der Waals surface area contributed by atoms with Gasteiger partial charge < -0.3 is 20.1 Å². The van der Waals surface area contributed by atoms with Crippen LogP contribution in [0.5, 0.6) is 11.6 Å². The van der Waals surface area contributed by atoms with E-state index in [2.05, 4.69) is 20.3 Å². The lowest BCUT2D eigenvalue weighted by Crippen LogP contribution is -2.55. The van der Waals surface area contributed by atoms with E-state index < -0.39 is 13.0 Å². The van der Waals surface area contributed by atoms with E-state index >= 15 is 0 Å². The van der Waals surface area contributed by atoms with E-state index in [1.165, 1.54) is 6.07 Å². The van der Waals surface area contributed by atoms with Gasteiger partial charge in [-0.25, -0.2) is 18.7 Å². The van der Waals surface area contributed by atoms with E-state index in [0.29, 0.717) is 28.6 Å². The first-order chi connectivity index (χ1) is 15.0. The van der Waals surface area contributed by atoms with Gasteiger partial charge in [-0.05, 0) is 31.4 Å². The molecule has 5 rings (SSSR count). The zero-order chi connectivity index (χ0) is 21.5. The molecule has 4 heterocycles. The number of phenolic OH excluding ortho intramolecular Hbond substituents is 1. The van der Waals surface area contributed by atoms with Crippen LogP contribution in [0.2, 0.25) is 0 Å². The monoisotopic (exact) mass is 427 g/mol. The first-order valence-electron chi connectivity index (χ1n) is 10.3.